The molecular weight excluding hydrogens is 234 g/mol. The highest BCUT2D eigenvalue weighted by atomic mass is 16.5. The van der Waals surface area contributed by atoms with Crippen molar-refractivity contribution in [1.82, 2.24) is 5.32 Å². The smallest absolute Gasteiger partial charge is 0.0720 e. The van der Waals surface area contributed by atoms with E-state index in [1.807, 2.05) is 0 Å². The number of hydrogen-bond donors (Lipinski definition) is 1. The summed E-state index contributed by atoms with van der Waals surface area (Å²) in [7, 11) is 0. The van der Waals surface area contributed by atoms with Gasteiger partial charge in [0.1, 0.15) is 0 Å². The van der Waals surface area contributed by atoms with Crippen molar-refractivity contribution in [2.75, 3.05) is 13.1 Å². The third kappa shape index (κ3) is 5.33. The first kappa shape index (κ1) is 14.5. The fraction of sp³-hybridized carbons (Fsp3) is 0.647. The summed E-state index contributed by atoms with van der Waals surface area (Å²) in [5, 5.41) is 3.35. The van der Waals surface area contributed by atoms with E-state index in [9.17, 15) is 0 Å². The van der Waals surface area contributed by atoms with Crippen molar-refractivity contribution < 1.29 is 4.74 Å². The second-order valence-electron chi connectivity index (χ2n) is 5.49. The Balaban J connectivity index is 1.71. The molecule has 2 heteroatoms. The fourth-order valence-corrected chi connectivity index (χ4v) is 2.66. The molecule has 1 N–H and O–H groups in total. The van der Waals surface area contributed by atoms with Crippen LogP contribution in [0.2, 0.25) is 0 Å². The lowest BCUT2D eigenvalue weighted by Crippen LogP contribution is -2.16. The Labute approximate surface area is 117 Å². The van der Waals surface area contributed by atoms with Crippen molar-refractivity contribution in [1.29, 1.82) is 0 Å². The van der Waals surface area contributed by atoms with E-state index < -0.39 is 0 Å². The van der Waals surface area contributed by atoms with Gasteiger partial charge in [0, 0.05) is 0 Å². The Kier molecular flexibility index (Phi) is 6.38. The Bertz CT molecular complexity index is 341. The van der Waals surface area contributed by atoms with Crippen LogP contribution in [0.5, 0.6) is 0 Å². The van der Waals surface area contributed by atoms with Gasteiger partial charge in [-0.3, -0.25) is 0 Å². The van der Waals surface area contributed by atoms with Gasteiger partial charge in [-0.25, -0.2) is 0 Å². The molecule has 1 aliphatic carbocycles. The summed E-state index contributed by atoms with van der Waals surface area (Å²) >= 11 is 0. The van der Waals surface area contributed by atoms with Crippen LogP contribution >= 0.6 is 0 Å². The average molecular weight is 261 g/mol. The Morgan fingerprint density at radius 3 is 2.42 bits per heavy atom. The summed E-state index contributed by atoms with van der Waals surface area (Å²) in [6, 6.07) is 8.89. The zero-order valence-corrected chi connectivity index (χ0v) is 12.2. The first-order chi connectivity index (χ1) is 9.38. The van der Waals surface area contributed by atoms with E-state index in [4.69, 9.17) is 4.74 Å². The summed E-state index contributed by atoms with van der Waals surface area (Å²) in [5.41, 5.74) is 2.71. The second kappa shape index (κ2) is 8.34. The number of ether oxygens (including phenoxy) is 1. The van der Waals surface area contributed by atoms with Crippen LogP contribution in [0.15, 0.2) is 24.3 Å². The molecule has 2 nitrogen and oxygen atoms in total. The number of benzene rings is 1. The van der Waals surface area contributed by atoms with Crippen LogP contribution in [0.1, 0.15) is 50.2 Å². The van der Waals surface area contributed by atoms with Crippen molar-refractivity contribution in [3.63, 3.8) is 0 Å². The normalized spacial score (nSPS) is 16.7. The predicted octanol–water partition coefficient (Wildman–Crippen LogP) is 3.69. The molecule has 0 radical (unpaired) electrons. The molecule has 19 heavy (non-hydrogen) atoms. The zero-order chi connectivity index (χ0) is 13.3. The molecule has 0 aliphatic heterocycles. The van der Waals surface area contributed by atoms with Crippen LogP contribution in [-0.4, -0.2) is 19.2 Å². The maximum Gasteiger partial charge on any atom is 0.0720 e. The molecule has 1 fully saturated rings. The van der Waals surface area contributed by atoms with E-state index in [-0.39, 0.29) is 0 Å². The third-order valence-electron chi connectivity index (χ3n) is 3.90. The van der Waals surface area contributed by atoms with Crippen LogP contribution in [0.4, 0.5) is 0 Å². The summed E-state index contributed by atoms with van der Waals surface area (Å²) in [6.45, 7) is 5.03. The van der Waals surface area contributed by atoms with Gasteiger partial charge in [-0.2, -0.15) is 0 Å². The highest BCUT2D eigenvalue weighted by molar-refractivity contribution is 5.22. The maximum absolute atomic E-state index is 6.00. The molecule has 1 aromatic rings. The number of rotatable bonds is 7. The highest BCUT2D eigenvalue weighted by Gasteiger charge is 2.13. The minimum atomic E-state index is 0.502. The lowest BCUT2D eigenvalue weighted by Gasteiger charge is -2.22. The molecule has 0 amide bonds. The molecule has 1 aromatic carbocycles. The second-order valence-corrected chi connectivity index (χ2v) is 5.49. The van der Waals surface area contributed by atoms with Gasteiger partial charge < -0.3 is 10.1 Å². The van der Waals surface area contributed by atoms with Crippen molar-refractivity contribution in [3.8, 4) is 0 Å². The van der Waals surface area contributed by atoms with E-state index in [1.165, 1.54) is 43.2 Å². The number of nitrogens with one attached hydrogen (secondary N) is 1. The van der Waals surface area contributed by atoms with Crippen LogP contribution in [-0.2, 0) is 17.8 Å². The molecule has 0 heterocycles. The lowest BCUT2D eigenvalue weighted by atomic mass is 9.98. The number of hydrogen-bond acceptors (Lipinski definition) is 2. The average Bonchev–Trinajstić information content (AvgIpc) is 2.48. The topological polar surface area (TPSA) is 21.3 Å². The largest absolute Gasteiger partial charge is 0.374 e. The molecule has 0 unspecified atom stereocenters. The monoisotopic (exact) mass is 261 g/mol. The number of likely N-dealkylation sites (N-methyl/N-ethyl adjacent to an activating group) is 1. The first-order valence-corrected chi connectivity index (χ1v) is 7.78. The SMILES string of the molecule is CCNCCc1ccc(COC2CCCCC2)cc1. The van der Waals surface area contributed by atoms with Gasteiger partial charge in [-0.1, -0.05) is 50.5 Å². The van der Waals surface area contributed by atoms with Crippen molar-refractivity contribution in [2.24, 2.45) is 0 Å². The molecule has 0 atom stereocenters. The molecule has 0 bridgehead atoms. The van der Waals surface area contributed by atoms with Gasteiger partial charge in [0.25, 0.3) is 0 Å². The van der Waals surface area contributed by atoms with Crippen LogP contribution in [0.3, 0.4) is 0 Å². The lowest BCUT2D eigenvalue weighted by molar-refractivity contribution is 0.0169. The molecular formula is C17H27NO. The summed E-state index contributed by atoms with van der Waals surface area (Å²) in [4.78, 5) is 0. The predicted molar refractivity (Wildman–Crippen MR) is 80.4 cm³/mol. The van der Waals surface area contributed by atoms with Gasteiger partial charge >= 0.3 is 0 Å². The summed E-state index contributed by atoms with van der Waals surface area (Å²) in [6.07, 6.45) is 8.18. The van der Waals surface area contributed by atoms with Gasteiger partial charge in [0.2, 0.25) is 0 Å². The van der Waals surface area contributed by atoms with Gasteiger partial charge in [0.05, 0.1) is 12.7 Å². The maximum atomic E-state index is 6.00. The molecule has 0 spiro atoms. The van der Waals surface area contributed by atoms with E-state index >= 15 is 0 Å². The van der Waals surface area contributed by atoms with Crippen LogP contribution in [0.25, 0.3) is 0 Å². The minimum absolute atomic E-state index is 0.502. The first-order valence-electron chi connectivity index (χ1n) is 7.78. The molecule has 0 saturated heterocycles. The quantitative estimate of drug-likeness (QED) is 0.756. The molecule has 1 aliphatic rings. The fourth-order valence-electron chi connectivity index (χ4n) is 2.66. The Morgan fingerprint density at radius 1 is 1.05 bits per heavy atom. The standard InChI is InChI=1S/C17H27NO/c1-2-18-13-12-15-8-10-16(11-9-15)14-19-17-6-4-3-5-7-17/h8-11,17-18H,2-7,12-14H2,1H3. The van der Waals surface area contributed by atoms with Crippen molar-refractivity contribution in [2.45, 2.75) is 58.2 Å². The Hall–Kier alpha value is -0.860. The molecule has 1 saturated carbocycles. The van der Waals surface area contributed by atoms with E-state index in [1.54, 1.807) is 0 Å². The summed E-state index contributed by atoms with van der Waals surface area (Å²) in [5.74, 6) is 0. The van der Waals surface area contributed by atoms with E-state index in [2.05, 4.69) is 36.5 Å². The van der Waals surface area contributed by atoms with E-state index in [0.717, 1.165) is 26.1 Å². The molecule has 0 aromatic heterocycles. The molecule has 2 rings (SSSR count). The molecule has 106 valence electrons. The highest BCUT2D eigenvalue weighted by Crippen LogP contribution is 2.21. The minimum Gasteiger partial charge on any atom is -0.374 e. The third-order valence-corrected chi connectivity index (χ3v) is 3.90. The van der Waals surface area contributed by atoms with E-state index in [0.29, 0.717) is 6.10 Å². The van der Waals surface area contributed by atoms with Crippen molar-refractivity contribution in [3.05, 3.63) is 35.4 Å². The van der Waals surface area contributed by atoms with Crippen molar-refractivity contribution >= 4 is 0 Å². The Morgan fingerprint density at radius 2 is 1.74 bits per heavy atom. The van der Waals surface area contributed by atoms with Crippen LogP contribution < -0.4 is 5.32 Å². The van der Waals surface area contributed by atoms with Gasteiger partial charge in [-0.05, 0) is 43.5 Å². The van der Waals surface area contributed by atoms with Crippen LogP contribution in [0, 0.1) is 0 Å². The summed E-state index contributed by atoms with van der Waals surface area (Å²) < 4.78 is 6.00. The van der Waals surface area contributed by atoms with Gasteiger partial charge in [0.15, 0.2) is 0 Å². The zero-order valence-electron chi connectivity index (χ0n) is 12.2. The van der Waals surface area contributed by atoms with Gasteiger partial charge in [-0.15, -0.1) is 0 Å².